The highest BCUT2D eigenvalue weighted by Gasteiger charge is 2.65. The Labute approximate surface area is 143 Å². The van der Waals surface area contributed by atoms with Crippen LogP contribution in [-0.4, -0.2) is 54.8 Å². The molecule has 0 aromatic carbocycles. The molecule has 2 saturated heterocycles. The third-order valence-electron chi connectivity index (χ3n) is 6.91. The summed E-state index contributed by atoms with van der Waals surface area (Å²) in [6.07, 6.45) is 4.35. The van der Waals surface area contributed by atoms with Crippen LogP contribution in [0.15, 0.2) is 0 Å². The second-order valence-electron chi connectivity index (χ2n) is 8.43. The van der Waals surface area contributed by atoms with Crippen molar-refractivity contribution in [1.29, 1.82) is 0 Å². The lowest BCUT2D eigenvalue weighted by molar-refractivity contribution is -0.128. The summed E-state index contributed by atoms with van der Waals surface area (Å²) >= 11 is 0. The zero-order chi connectivity index (χ0) is 17.8. The van der Waals surface area contributed by atoms with Crippen LogP contribution >= 0.6 is 0 Å². The van der Waals surface area contributed by atoms with Crippen molar-refractivity contribution in [2.24, 2.45) is 22.7 Å². The summed E-state index contributed by atoms with van der Waals surface area (Å²) in [4.78, 5) is 25.1. The lowest BCUT2D eigenvalue weighted by Gasteiger charge is -2.35. The first kappa shape index (κ1) is 18.0. The molecular weight excluding hydrogens is 330 g/mol. The van der Waals surface area contributed by atoms with Gasteiger partial charge in [0.05, 0.1) is 17.7 Å². The monoisotopic (exact) mass is 357 g/mol. The van der Waals surface area contributed by atoms with E-state index in [0.717, 1.165) is 32.5 Å². The lowest BCUT2D eigenvalue weighted by Crippen LogP contribution is -2.42. The zero-order valence-corrected chi connectivity index (χ0v) is 15.3. The summed E-state index contributed by atoms with van der Waals surface area (Å²) in [5.74, 6) is 0.793. The number of carbonyl (C=O) groups excluding carboxylic acids is 2. The highest BCUT2D eigenvalue weighted by molar-refractivity contribution is 7.85. The normalized spacial score (nSPS) is 39.7. The Bertz CT molecular complexity index is 656. The number of fused-ring (bicyclic) bond motifs is 4. The molecule has 24 heavy (non-hydrogen) atoms. The number of hydrogen-bond donors (Lipinski definition) is 1. The number of ketones is 2. The van der Waals surface area contributed by atoms with E-state index >= 15 is 0 Å². The van der Waals surface area contributed by atoms with Crippen molar-refractivity contribution >= 4 is 21.7 Å². The molecule has 1 N–H and O–H groups in total. The van der Waals surface area contributed by atoms with Crippen molar-refractivity contribution in [3.8, 4) is 0 Å². The molecule has 4 fully saturated rings. The molecule has 0 amide bonds. The minimum atomic E-state index is -4.08. The maximum atomic E-state index is 11.9. The number of carbonyl (C=O) groups is 2. The molecular formula is C17H27NO5S. The Hall–Kier alpha value is -0.790. The van der Waals surface area contributed by atoms with E-state index < -0.39 is 21.3 Å². The van der Waals surface area contributed by atoms with E-state index in [1.807, 2.05) is 13.8 Å². The van der Waals surface area contributed by atoms with Crippen molar-refractivity contribution in [2.75, 3.05) is 25.4 Å². The first-order chi connectivity index (χ1) is 11.1. The second kappa shape index (κ2) is 5.88. The van der Waals surface area contributed by atoms with E-state index in [-0.39, 0.29) is 17.1 Å². The molecule has 7 heteroatoms. The molecule has 4 bridgehead atoms. The molecule has 0 aromatic heterocycles. The number of piperidine rings is 1. The Balaban J connectivity index is 0.000000159. The fourth-order valence-corrected chi connectivity index (χ4v) is 6.53. The van der Waals surface area contributed by atoms with Gasteiger partial charge in [-0.3, -0.25) is 19.0 Å². The standard InChI is InChI=1S/C10H16O4S.C7H11NO/c1-9(2)7-3-4-10(9,8(11)5-7)6-15(12,13)14;9-7-5-8-3-1-2-6(7)4-8/h7H,3-6H2,1-2H3,(H,12,13,14);6H,1-5H2/t;6-/m.0/s1. The van der Waals surface area contributed by atoms with Gasteiger partial charge in [0.2, 0.25) is 0 Å². The van der Waals surface area contributed by atoms with E-state index in [4.69, 9.17) is 4.55 Å². The van der Waals surface area contributed by atoms with Crippen LogP contribution in [0.3, 0.4) is 0 Å². The van der Waals surface area contributed by atoms with E-state index in [1.165, 1.54) is 6.42 Å². The smallest absolute Gasteiger partial charge is 0.265 e. The molecule has 3 unspecified atom stereocenters. The fraction of sp³-hybridized carbons (Fsp3) is 0.882. The quantitative estimate of drug-likeness (QED) is 0.754. The summed E-state index contributed by atoms with van der Waals surface area (Å²) in [5.41, 5.74) is -1.12. The van der Waals surface area contributed by atoms with Gasteiger partial charge in [-0.1, -0.05) is 13.8 Å². The molecule has 2 aliphatic heterocycles. The molecule has 6 nitrogen and oxygen atoms in total. The van der Waals surface area contributed by atoms with Crippen LogP contribution in [0, 0.1) is 22.7 Å². The van der Waals surface area contributed by atoms with Gasteiger partial charge >= 0.3 is 0 Å². The molecule has 4 rings (SSSR count). The molecule has 0 spiro atoms. The van der Waals surface area contributed by atoms with Crippen LogP contribution in [0.2, 0.25) is 0 Å². The summed E-state index contributed by atoms with van der Waals surface area (Å²) in [6.45, 7) is 6.84. The second-order valence-corrected chi connectivity index (χ2v) is 9.89. The van der Waals surface area contributed by atoms with Gasteiger partial charge in [0.15, 0.2) is 5.78 Å². The first-order valence-corrected chi connectivity index (χ1v) is 10.4. The van der Waals surface area contributed by atoms with Gasteiger partial charge in [0.25, 0.3) is 10.1 Å². The number of hydrogen-bond acceptors (Lipinski definition) is 5. The third-order valence-corrected chi connectivity index (χ3v) is 7.77. The van der Waals surface area contributed by atoms with Gasteiger partial charge in [0.1, 0.15) is 5.78 Å². The first-order valence-electron chi connectivity index (χ1n) is 8.79. The summed E-state index contributed by atoms with van der Waals surface area (Å²) in [5, 5.41) is 0. The van der Waals surface area contributed by atoms with Crippen molar-refractivity contribution in [3.63, 3.8) is 0 Å². The molecule has 4 atom stereocenters. The highest BCUT2D eigenvalue weighted by Crippen LogP contribution is 2.64. The summed E-state index contributed by atoms with van der Waals surface area (Å²) < 4.78 is 31.0. The molecule has 4 aliphatic rings. The van der Waals surface area contributed by atoms with Gasteiger partial charge in [-0.05, 0) is 43.6 Å². The molecule has 2 aliphatic carbocycles. The largest absolute Gasteiger partial charge is 0.299 e. The average molecular weight is 357 g/mol. The highest BCUT2D eigenvalue weighted by atomic mass is 32.2. The Kier molecular flexibility index (Phi) is 4.42. The van der Waals surface area contributed by atoms with E-state index in [9.17, 15) is 18.0 Å². The van der Waals surface area contributed by atoms with Crippen LogP contribution in [0.1, 0.15) is 46.0 Å². The molecule has 136 valence electrons. The van der Waals surface area contributed by atoms with Crippen LogP contribution in [-0.2, 0) is 19.7 Å². The van der Waals surface area contributed by atoms with Crippen molar-refractivity contribution in [2.45, 2.75) is 46.0 Å². The maximum Gasteiger partial charge on any atom is 0.265 e. The third kappa shape index (κ3) is 2.95. The number of rotatable bonds is 2. The van der Waals surface area contributed by atoms with E-state index in [0.29, 0.717) is 24.5 Å². The van der Waals surface area contributed by atoms with Crippen molar-refractivity contribution in [1.82, 2.24) is 4.90 Å². The number of Topliss-reactive ketones (excluding diaryl/α,β-unsaturated/α-hetero) is 2. The van der Waals surface area contributed by atoms with Gasteiger partial charge < -0.3 is 0 Å². The van der Waals surface area contributed by atoms with Crippen LogP contribution in [0.25, 0.3) is 0 Å². The molecule has 2 heterocycles. The van der Waals surface area contributed by atoms with E-state index in [2.05, 4.69) is 4.90 Å². The average Bonchev–Trinajstić information content (AvgIpc) is 2.92. The van der Waals surface area contributed by atoms with Crippen molar-refractivity contribution in [3.05, 3.63) is 0 Å². The van der Waals surface area contributed by atoms with Gasteiger partial charge in [-0.2, -0.15) is 8.42 Å². The van der Waals surface area contributed by atoms with Crippen LogP contribution in [0.5, 0.6) is 0 Å². The van der Waals surface area contributed by atoms with Gasteiger partial charge in [-0.25, -0.2) is 0 Å². The Morgan fingerprint density at radius 3 is 2.42 bits per heavy atom. The van der Waals surface area contributed by atoms with Crippen LogP contribution in [0.4, 0.5) is 0 Å². The topological polar surface area (TPSA) is 91.7 Å². The Morgan fingerprint density at radius 1 is 1.25 bits per heavy atom. The van der Waals surface area contributed by atoms with Crippen LogP contribution < -0.4 is 0 Å². The summed E-state index contributed by atoms with van der Waals surface area (Å²) in [6, 6.07) is 0. The minimum absolute atomic E-state index is 0.0152. The van der Waals surface area contributed by atoms with Gasteiger partial charge in [0, 0.05) is 18.9 Å². The molecule has 2 saturated carbocycles. The predicted molar refractivity (Wildman–Crippen MR) is 89.1 cm³/mol. The molecule has 0 radical (unpaired) electrons. The van der Waals surface area contributed by atoms with Crippen molar-refractivity contribution < 1.29 is 22.6 Å². The maximum absolute atomic E-state index is 11.9. The lowest BCUT2D eigenvalue weighted by atomic mass is 9.70. The molecule has 0 aromatic rings. The number of nitrogens with zero attached hydrogens (tertiary/aromatic N) is 1. The minimum Gasteiger partial charge on any atom is -0.299 e. The summed E-state index contributed by atoms with van der Waals surface area (Å²) in [7, 11) is -4.08. The predicted octanol–water partition coefficient (Wildman–Crippen LogP) is 1.55. The van der Waals surface area contributed by atoms with E-state index in [1.54, 1.807) is 0 Å². The zero-order valence-electron chi connectivity index (χ0n) is 14.5. The fourth-order valence-electron chi connectivity index (χ4n) is 5.23. The SMILES string of the molecule is CC1(C)C2CCC1(CS(=O)(=O)O)C(=O)C2.O=C1CN2CCC[C@H]1C2. The Morgan fingerprint density at radius 2 is 1.96 bits per heavy atom. The van der Waals surface area contributed by atoms with Gasteiger partial charge in [-0.15, -0.1) is 0 Å².